The molecule has 6 nitrogen and oxygen atoms in total. The van der Waals surface area contributed by atoms with Crippen molar-refractivity contribution in [3.8, 4) is 5.69 Å². The Kier molecular flexibility index (Phi) is 5.91. The fourth-order valence-electron chi connectivity index (χ4n) is 2.99. The summed E-state index contributed by atoms with van der Waals surface area (Å²) < 4.78 is 1.72. The van der Waals surface area contributed by atoms with E-state index in [1.165, 1.54) is 11.8 Å². The molecule has 0 aliphatic rings. The first-order chi connectivity index (χ1) is 13.0. The maximum absolute atomic E-state index is 12.8. The second-order valence-corrected chi connectivity index (χ2v) is 7.86. The van der Waals surface area contributed by atoms with Crippen LogP contribution in [0.3, 0.4) is 0 Å². The zero-order chi connectivity index (χ0) is 19.4. The highest BCUT2D eigenvalue weighted by Crippen LogP contribution is 2.27. The molecular weight excluding hydrogens is 358 g/mol. The fraction of sp³-hybridized carbons (Fsp3) is 0.300. The van der Waals surface area contributed by atoms with Gasteiger partial charge in [-0.05, 0) is 47.9 Å². The molecule has 0 aliphatic carbocycles. The smallest absolute Gasteiger partial charge is 0.235 e. The number of carbonyl (C=O) groups excluding carboxylic acids is 1. The van der Waals surface area contributed by atoms with Crippen molar-refractivity contribution in [1.82, 2.24) is 25.1 Å². The molecule has 27 heavy (non-hydrogen) atoms. The van der Waals surface area contributed by atoms with Gasteiger partial charge in [0.25, 0.3) is 0 Å². The molecule has 1 aromatic heterocycles. The van der Waals surface area contributed by atoms with Crippen LogP contribution in [-0.4, -0.2) is 43.3 Å². The third-order valence-electron chi connectivity index (χ3n) is 4.36. The predicted molar refractivity (Wildman–Crippen MR) is 107 cm³/mol. The third kappa shape index (κ3) is 4.36. The van der Waals surface area contributed by atoms with Crippen LogP contribution in [0.25, 0.3) is 5.69 Å². The Labute approximate surface area is 163 Å². The topological polar surface area (TPSA) is 63.9 Å². The summed E-state index contributed by atoms with van der Waals surface area (Å²) in [5.41, 5.74) is 4.24. The van der Waals surface area contributed by atoms with Crippen molar-refractivity contribution in [2.24, 2.45) is 0 Å². The van der Waals surface area contributed by atoms with Crippen molar-refractivity contribution in [2.45, 2.75) is 37.7 Å². The van der Waals surface area contributed by atoms with Crippen LogP contribution >= 0.6 is 11.8 Å². The molecule has 0 fully saturated rings. The van der Waals surface area contributed by atoms with Gasteiger partial charge in [-0.15, -0.1) is 5.10 Å². The fourth-order valence-corrected chi connectivity index (χ4v) is 3.89. The van der Waals surface area contributed by atoms with Crippen LogP contribution in [0.4, 0.5) is 0 Å². The van der Waals surface area contributed by atoms with Crippen LogP contribution in [0, 0.1) is 13.8 Å². The van der Waals surface area contributed by atoms with Gasteiger partial charge in [-0.3, -0.25) is 4.79 Å². The number of thioether (sulfide) groups is 1. The lowest BCUT2D eigenvalue weighted by molar-refractivity contribution is -0.129. The zero-order valence-corrected chi connectivity index (χ0v) is 16.8. The molecular formula is C20H23N5OS. The number of aryl methyl sites for hydroxylation is 2. The molecule has 3 aromatic rings. The number of benzene rings is 2. The standard InChI is InChI=1S/C20H23N5OS/c1-14-9-8-10-15(2)18(14)25-20(21-22-23-25)27-16(3)19(26)24(4)13-17-11-6-5-7-12-17/h5-12,16H,13H2,1-4H3. The molecule has 0 aliphatic heterocycles. The second kappa shape index (κ2) is 8.35. The summed E-state index contributed by atoms with van der Waals surface area (Å²) in [4.78, 5) is 14.5. The van der Waals surface area contributed by atoms with E-state index in [0.29, 0.717) is 11.7 Å². The number of nitrogens with zero attached hydrogens (tertiary/aromatic N) is 5. The molecule has 0 saturated carbocycles. The summed E-state index contributed by atoms with van der Waals surface area (Å²) in [5.74, 6) is 0.0416. The Balaban J connectivity index is 1.74. The van der Waals surface area contributed by atoms with Gasteiger partial charge in [0.2, 0.25) is 11.1 Å². The highest BCUT2D eigenvalue weighted by molar-refractivity contribution is 8.00. The second-order valence-electron chi connectivity index (χ2n) is 6.55. The number of amides is 1. The molecule has 0 saturated heterocycles. The van der Waals surface area contributed by atoms with Gasteiger partial charge >= 0.3 is 0 Å². The Bertz CT molecular complexity index is 905. The number of hydrogen-bond donors (Lipinski definition) is 0. The van der Waals surface area contributed by atoms with Crippen LogP contribution < -0.4 is 0 Å². The Morgan fingerprint density at radius 1 is 1.11 bits per heavy atom. The molecule has 0 bridgehead atoms. The minimum absolute atomic E-state index is 0.0416. The van der Waals surface area contributed by atoms with Crippen molar-refractivity contribution in [3.63, 3.8) is 0 Å². The minimum atomic E-state index is -0.298. The monoisotopic (exact) mass is 381 g/mol. The number of aromatic nitrogens is 4. The van der Waals surface area contributed by atoms with E-state index in [1.807, 2.05) is 76.3 Å². The third-order valence-corrected chi connectivity index (χ3v) is 5.38. The van der Waals surface area contributed by atoms with Crippen LogP contribution in [0.2, 0.25) is 0 Å². The molecule has 1 amide bonds. The van der Waals surface area contributed by atoms with Gasteiger partial charge < -0.3 is 4.90 Å². The number of hydrogen-bond acceptors (Lipinski definition) is 5. The van der Waals surface area contributed by atoms with Gasteiger partial charge in [0, 0.05) is 13.6 Å². The minimum Gasteiger partial charge on any atom is -0.340 e. The maximum atomic E-state index is 12.8. The van der Waals surface area contributed by atoms with E-state index >= 15 is 0 Å². The first-order valence-electron chi connectivity index (χ1n) is 8.78. The average Bonchev–Trinajstić information content (AvgIpc) is 3.09. The molecule has 0 spiro atoms. The van der Waals surface area contributed by atoms with Gasteiger partial charge in [-0.1, -0.05) is 60.3 Å². The van der Waals surface area contributed by atoms with Gasteiger partial charge in [0.05, 0.1) is 10.9 Å². The molecule has 1 unspecified atom stereocenters. The largest absolute Gasteiger partial charge is 0.340 e. The molecule has 1 atom stereocenters. The van der Waals surface area contributed by atoms with E-state index in [9.17, 15) is 4.79 Å². The summed E-state index contributed by atoms with van der Waals surface area (Å²) in [7, 11) is 1.82. The Hall–Kier alpha value is -2.67. The number of rotatable bonds is 6. The van der Waals surface area contributed by atoms with Gasteiger partial charge in [-0.2, -0.15) is 4.68 Å². The van der Waals surface area contributed by atoms with E-state index < -0.39 is 0 Å². The number of para-hydroxylation sites is 1. The van der Waals surface area contributed by atoms with Crippen LogP contribution in [-0.2, 0) is 11.3 Å². The summed E-state index contributed by atoms with van der Waals surface area (Å²) >= 11 is 1.37. The van der Waals surface area contributed by atoms with E-state index in [4.69, 9.17) is 0 Å². The van der Waals surface area contributed by atoms with Crippen LogP contribution in [0.15, 0.2) is 53.7 Å². The molecule has 140 valence electrons. The highest BCUT2D eigenvalue weighted by Gasteiger charge is 2.23. The van der Waals surface area contributed by atoms with E-state index in [0.717, 1.165) is 22.4 Å². The average molecular weight is 382 g/mol. The molecule has 2 aromatic carbocycles. The Morgan fingerprint density at radius 2 is 1.78 bits per heavy atom. The summed E-state index contributed by atoms with van der Waals surface area (Å²) in [6.07, 6.45) is 0. The van der Waals surface area contributed by atoms with Gasteiger partial charge in [-0.25, -0.2) is 0 Å². The molecule has 0 radical (unpaired) electrons. The lowest BCUT2D eigenvalue weighted by Gasteiger charge is -2.21. The molecule has 7 heteroatoms. The highest BCUT2D eigenvalue weighted by atomic mass is 32.2. The van der Waals surface area contributed by atoms with Crippen molar-refractivity contribution in [2.75, 3.05) is 7.05 Å². The predicted octanol–water partition coefficient (Wildman–Crippen LogP) is 3.42. The first-order valence-corrected chi connectivity index (χ1v) is 9.66. The lowest BCUT2D eigenvalue weighted by atomic mass is 10.1. The quantitative estimate of drug-likeness (QED) is 0.612. The lowest BCUT2D eigenvalue weighted by Crippen LogP contribution is -2.33. The van der Waals surface area contributed by atoms with Gasteiger partial charge in [0.1, 0.15) is 0 Å². The summed E-state index contributed by atoms with van der Waals surface area (Å²) in [6, 6.07) is 16.0. The van der Waals surface area contributed by atoms with E-state index in [2.05, 4.69) is 15.5 Å². The summed E-state index contributed by atoms with van der Waals surface area (Å²) in [5, 5.41) is 12.4. The summed E-state index contributed by atoms with van der Waals surface area (Å²) in [6.45, 7) is 6.52. The van der Waals surface area contributed by atoms with Crippen molar-refractivity contribution >= 4 is 17.7 Å². The van der Waals surface area contributed by atoms with Crippen molar-refractivity contribution < 1.29 is 4.79 Å². The molecule has 3 rings (SSSR count). The Morgan fingerprint density at radius 3 is 2.44 bits per heavy atom. The van der Waals surface area contributed by atoms with Crippen LogP contribution in [0.1, 0.15) is 23.6 Å². The number of carbonyl (C=O) groups is 1. The van der Waals surface area contributed by atoms with E-state index in [1.54, 1.807) is 9.58 Å². The van der Waals surface area contributed by atoms with E-state index in [-0.39, 0.29) is 11.2 Å². The zero-order valence-electron chi connectivity index (χ0n) is 16.0. The molecule has 1 heterocycles. The SMILES string of the molecule is Cc1cccc(C)c1-n1nnnc1SC(C)C(=O)N(C)Cc1ccccc1. The van der Waals surface area contributed by atoms with Crippen molar-refractivity contribution in [3.05, 3.63) is 65.2 Å². The first kappa shape index (κ1) is 19.1. The van der Waals surface area contributed by atoms with Crippen LogP contribution in [0.5, 0.6) is 0 Å². The maximum Gasteiger partial charge on any atom is 0.235 e. The number of tetrazole rings is 1. The normalized spacial score (nSPS) is 12.0. The van der Waals surface area contributed by atoms with Gasteiger partial charge in [0.15, 0.2) is 0 Å². The van der Waals surface area contributed by atoms with Crippen molar-refractivity contribution in [1.29, 1.82) is 0 Å². The molecule has 0 N–H and O–H groups in total.